The summed E-state index contributed by atoms with van der Waals surface area (Å²) < 4.78 is 1.13. The average Bonchev–Trinajstić information content (AvgIpc) is 2.48. The summed E-state index contributed by atoms with van der Waals surface area (Å²) in [5, 5.41) is 3.43. The molecule has 0 heterocycles. The van der Waals surface area contributed by atoms with E-state index in [-0.39, 0.29) is 0 Å². The number of nitrogens with one attached hydrogen (secondary N) is 1. The van der Waals surface area contributed by atoms with Crippen LogP contribution < -0.4 is 10.2 Å². The van der Waals surface area contributed by atoms with E-state index in [9.17, 15) is 0 Å². The predicted octanol–water partition coefficient (Wildman–Crippen LogP) is 5.03. The minimum atomic E-state index is 0.918. The fourth-order valence-corrected chi connectivity index (χ4v) is 2.94. The van der Waals surface area contributed by atoms with E-state index in [1.165, 1.54) is 22.5 Å². The van der Waals surface area contributed by atoms with Gasteiger partial charge in [0, 0.05) is 23.8 Å². The first kappa shape index (κ1) is 16.1. The topological polar surface area (TPSA) is 15.3 Å². The van der Waals surface area contributed by atoms with Crippen molar-refractivity contribution in [1.82, 2.24) is 5.32 Å². The van der Waals surface area contributed by atoms with Gasteiger partial charge in [0.2, 0.25) is 0 Å². The molecule has 112 valence electrons. The third-order valence-corrected chi connectivity index (χ3v) is 4.19. The zero-order chi connectivity index (χ0) is 15.2. The van der Waals surface area contributed by atoms with E-state index in [0.29, 0.717) is 0 Å². The van der Waals surface area contributed by atoms with Gasteiger partial charge in [0.15, 0.2) is 0 Å². The van der Waals surface area contributed by atoms with Gasteiger partial charge in [0.1, 0.15) is 0 Å². The highest BCUT2D eigenvalue weighted by molar-refractivity contribution is 9.10. The molecule has 2 aromatic rings. The molecule has 0 unspecified atom stereocenters. The molecule has 0 amide bonds. The monoisotopic (exact) mass is 346 g/mol. The quantitative estimate of drug-likeness (QED) is 0.738. The minimum Gasteiger partial charge on any atom is -0.344 e. The molecule has 2 aromatic carbocycles. The Hall–Kier alpha value is -1.32. The Labute approximate surface area is 136 Å². The number of hydrogen-bond donors (Lipinski definition) is 1. The molecule has 0 saturated carbocycles. The van der Waals surface area contributed by atoms with Crippen LogP contribution in [0.15, 0.2) is 46.9 Å². The van der Waals surface area contributed by atoms with E-state index in [0.717, 1.165) is 24.0 Å². The fraction of sp³-hybridized carbons (Fsp3) is 0.333. The smallest absolute Gasteiger partial charge is 0.0552 e. The predicted molar refractivity (Wildman–Crippen MR) is 95.4 cm³/mol. The molecule has 0 atom stereocenters. The highest BCUT2D eigenvalue weighted by Crippen LogP contribution is 2.31. The summed E-state index contributed by atoms with van der Waals surface area (Å²) in [5.74, 6) is 0. The van der Waals surface area contributed by atoms with Gasteiger partial charge in [-0.1, -0.05) is 30.7 Å². The molecule has 2 nitrogen and oxygen atoms in total. The molecule has 0 saturated heterocycles. The number of benzene rings is 2. The summed E-state index contributed by atoms with van der Waals surface area (Å²) in [6, 6.07) is 15.1. The average molecular weight is 347 g/mol. The lowest BCUT2D eigenvalue weighted by molar-refractivity contribution is 0.675. The zero-order valence-electron chi connectivity index (χ0n) is 13.0. The van der Waals surface area contributed by atoms with Crippen LogP contribution in [0.4, 0.5) is 11.4 Å². The summed E-state index contributed by atoms with van der Waals surface area (Å²) in [6.45, 7) is 6.27. The van der Waals surface area contributed by atoms with Gasteiger partial charge in [-0.25, -0.2) is 0 Å². The van der Waals surface area contributed by atoms with Gasteiger partial charge in [-0.15, -0.1) is 0 Å². The lowest BCUT2D eigenvalue weighted by Gasteiger charge is -2.21. The molecule has 0 bridgehead atoms. The van der Waals surface area contributed by atoms with Crippen LogP contribution in [-0.2, 0) is 6.54 Å². The van der Waals surface area contributed by atoms with Crippen LogP contribution >= 0.6 is 15.9 Å². The van der Waals surface area contributed by atoms with Crippen LogP contribution in [0.2, 0.25) is 0 Å². The van der Waals surface area contributed by atoms with E-state index in [1.807, 2.05) is 0 Å². The van der Waals surface area contributed by atoms with E-state index >= 15 is 0 Å². The van der Waals surface area contributed by atoms with Crippen LogP contribution in [0, 0.1) is 6.92 Å². The maximum atomic E-state index is 3.70. The third-order valence-electron chi connectivity index (χ3n) is 3.55. The molecule has 0 fully saturated rings. The van der Waals surface area contributed by atoms with Gasteiger partial charge in [0.25, 0.3) is 0 Å². The largest absolute Gasteiger partial charge is 0.344 e. The molecular formula is C18H23BrN2. The summed E-state index contributed by atoms with van der Waals surface area (Å²) in [5.41, 5.74) is 4.95. The molecule has 0 aliphatic heterocycles. The summed E-state index contributed by atoms with van der Waals surface area (Å²) in [4.78, 5) is 2.20. The molecular weight excluding hydrogens is 324 g/mol. The van der Waals surface area contributed by atoms with E-state index < -0.39 is 0 Å². The normalized spacial score (nSPS) is 10.7. The van der Waals surface area contributed by atoms with Crippen LogP contribution in [0.1, 0.15) is 24.5 Å². The van der Waals surface area contributed by atoms with Crippen LogP contribution in [0.3, 0.4) is 0 Å². The van der Waals surface area contributed by atoms with Gasteiger partial charge in [0.05, 0.1) is 5.69 Å². The first-order valence-corrected chi connectivity index (χ1v) is 8.20. The molecule has 3 heteroatoms. The minimum absolute atomic E-state index is 0.918. The summed E-state index contributed by atoms with van der Waals surface area (Å²) >= 11 is 3.70. The highest BCUT2D eigenvalue weighted by Gasteiger charge is 2.08. The SMILES string of the molecule is CCCNCc1ccc(N(C)c2ccc(C)cc2)c(Br)c1. The molecule has 1 N–H and O–H groups in total. The van der Waals surface area contributed by atoms with Crippen molar-refractivity contribution in [3.05, 3.63) is 58.1 Å². The zero-order valence-corrected chi connectivity index (χ0v) is 14.6. The second kappa shape index (κ2) is 7.62. The molecule has 0 aliphatic carbocycles. The Morgan fingerprint density at radius 2 is 1.81 bits per heavy atom. The number of hydrogen-bond acceptors (Lipinski definition) is 2. The van der Waals surface area contributed by atoms with Gasteiger partial charge in [-0.05, 0) is 65.6 Å². The number of aryl methyl sites for hydroxylation is 1. The molecule has 21 heavy (non-hydrogen) atoms. The number of nitrogens with zero attached hydrogens (tertiary/aromatic N) is 1. The first-order valence-electron chi connectivity index (χ1n) is 7.41. The van der Waals surface area contributed by atoms with Crippen LogP contribution in [0.25, 0.3) is 0 Å². The number of rotatable bonds is 6. The van der Waals surface area contributed by atoms with Crippen molar-refractivity contribution in [2.45, 2.75) is 26.8 Å². The summed E-state index contributed by atoms with van der Waals surface area (Å²) in [7, 11) is 2.10. The second-order valence-electron chi connectivity index (χ2n) is 5.36. The Morgan fingerprint density at radius 1 is 1.10 bits per heavy atom. The van der Waals surface area contributed by atoms with Gasteiger partial charge >= 0.3 is 0 Å². The van der Waals surface area contributed by atoms with Crippen molar-refractivity contribution in [3.8, 4) is 0 Å². The van der Waals surface area contributed by atoms with E-state index in [4.69, 9.17) is 0 Å². The van der Waals surface area contributed by atoms with Crippen LogP contribution in [0.5, 0.6) is 0 Å². The van der Waals surface area contributed by atoms with Crippen molar-refractivity contribution in [3.63, 3.8) is 0 Å². The van der Waals surface area contributed by atoms with Crippen LogP contribution in [-0.4, -0.2) is 13.6 Å². The number of halogens is 1. The second-order valence-corrected chi connectivity index (χ2v) is 6.21. The van der Waals surface area contributed by atoms with Crippen molar-refractivity contribution in [1.29, 1.82) is 0 Å². The first-order chi connectivity index (χ1) is 10.1. The molecule has 2 rings (SSSR count). The van der Waals surface area contributed by atoms with E-state index in [1.54, 1.807) is 0 Å². The third kappa shape index (κ3) is 4.32. The maximum absolute atomic E-state index is 3.70. The Morgan fingerprint density at radius 3 is 2.43 bits per heavy atom. The Balaban J connectivity index is 2.14. The molecule has 0 aliphatic rings. The van der Waals surface area contributed by atoms with E-state index in [2.05, 4.69) is 89.5 Å². The fourth-order valence-electron chi connectivity index (χ4n) is 2.25. The van der Waals surface area contributed by atoms with Crippen molar-refractivity contribution in [2.24, 2.45) is 0 Å². The van der Waals surface area contributed by atoms with Gasteiger partial charge in [-0.3, -0.25) is 0 Å². The summed E-state index contributed by atoms with van der Waals surface area (Å²) in [6.07, 6.45) is 1.16. The number of anilines is 2. The van der Waals surface area contributed by atoms with Gasteiger partial charge < -0.3 is 10.2 Å². The Kier molecular flexibility index (Phi) is 5.83. The molecule has 0 aromatic heterocycles. The molecule has 0 spiro atoms. The van der Waals surface area contributed by atoms with Crippen molar-refractivity contribution >= 4 is 27.3 Å². The van der Waals surface area contributed by atoms with Crippen molar-refractivity contribution < 1.29 is 0 Å². The van der Waals surface area contributed by atoms with Gasteiger partial charge in [-0.2, -0.15) is 0 Å². The van der Waals surface area contributed by atoms with Crippen molar-refractivity contribution in [2.75, 3.05) is 18.5 Å². The molecule has 0 radical (unpaired) electrons. The highest BCUT2D eigenvalue weighted by atomic mass is 79.9. The maximum Gasteiger partial charge on any atom is 0.0552 e. The lowest BCUT2D eigenvalue weighted by Crippen LogP contribution is -2.14. The Bertz CT molecular complexity index is 578. The standard InChI is InChI=1S/C18H23BrN2/c1-4-11-20-13-15-7-10-18(17(19)12-15)21(3)16-8-5-14(2)6-9-16/h5-10,12,20H,4,11,13H2,1-3H3. The lowest BCUT2D eigenvalue weighted by atomic mass is 10.1.